The maximum atomic E-state index is 13.3. The lowest BCUT2D eigenvalue weighted by molar-refractivity contribution is -0.135. The van der Waals surface area contributed by atoms with Gasteiger partial charge in [-0.1, -0.05) is 66.7 Å². The van der Waals surface area contributed by atoms with Gasteiger partial charge in [-0.3, -0.25) is 14.4 Å². The van der Waals surface area contributed by atoms with Crippen LogP contribution in [-0.2, 0) is 16.0 Å². The summed E-state index contributed by atoms with van der Waals surface area (Å²) in [6.45, 7) is 3.72. The van der Waals surface area contributed by atoms with E-state index in [2.05, 4.69) is 10.6 Å². The fourth-order valence-electron chi connectivity index (χ4n) is 3.63. The molecule has 0 heterocycles. The fourth-order valence-corrected chi connectivity index (χ4v) is 3.63. The van der Waals surface area contributed by atoms with Gasteiger partial charge < -0.3 is 15.5 Å². The molecule has 0 aliphatic heterocycles. The number of amides is 3. The lowest BCUT2D eigenvalue weighted by atomic mass is 10.0. The Labute approximate surface area is 194 Å². The first-order valence-corrected chi connectivity index (χ1v) is 10.9. The van der Waals surface area contributed by atoms with Gasteiger partial charge in [-0.2, -0.15) is 0 Å². The third kappa shape index (κ3) is 6.53. The largest absolute Gasteiger partial charge is 0.340 e. The Bertz CT molecular complexity index is 1090. The molecule has 0 bridgehead atoms. The molecule has 0 radical (unpaired) electrons. The van der Waals surface area contributed by atoms with E-state index in [0.717, 1.165) is 22.4 Å². The van der Waals surface area contributed by atoms with Crippen LogP contribution in [0, 0.1) is 13.8 Å². The molecule has 0 spiro atoms. The van der Waals surface area contributed by atoms with Crippen molar-refractivity contribution in [2.24, 2.45) is 0 Å². The predicted octanol–water partition coefficient (Wildman–Crippen LogP) is 3.74. The summed E-state index contributed by atoms with van der Waals surface area (Å²) in [4.78, 5) is 40.0. The van der Waals surface area contributed by atoms with Crippen molar-refractivity contribution in [3.8, 4) is 0 Å². The van der Waals surface area contributed by atoms with Gasteiger partial charge in [0.15, 0.2) is 0 Å². The van der Waals surface area contributed by atoms with Crippen molar-refractivity contribution in [3.05, 3.63) is 101 Å². The van der Waals surface area contributed by atoms with Gasteiger partial charge in [0, 0.05) is 24.7 Å². The zero-order valence-corrected chi connectivity index (χ0v) is 19.2. The first-order valence-electron chi connectivity index (χ1n) is 10.9. The number of likely N-dealkylation sites (N-methyl/N-ethyl adjacent to an activating group) is 1. The SMILES string of the molecule is Cc1cccc(C)c1NC(=O)CN(C)C(=O)C(Cc1ccccc1)NC(=O)c1ccccc1. The summed E-state index contributed by atoms with van der Waals surface area (Å²) >= 11 is 0. The number of aryl methyl sites for hydroxylation is 2. The smallest absolute Gasteiger partial charge is 0.251 e. The van der Waals surface area contributed by atoms with Gasteiger partial charge in [-0.05, 0) is 42.7 Å². The maximum Gasteiger partial charge on any atom is 0.251 e. The third-order valence-electron chi connectivity index (χ3n) is 5.42. The van der Waals surface area contributed by atoms with Gasteiger partial charge in [0.2, 0.25) is 11.8 Å². The zero-order valence-electron chi connectivity index (χ0n) is 19.2. The van der Waals surface area contributed by atoms with Crippen LogP contribution in [0.15, 0.2) is 78.9 Å². The lowest BCUT2D eigenvalue weighted by Gasteiger charge is -2.25. The molecule has 3 rings (SSSR count). The Hall–Kier alpha value is -3.93. The normalized spacial score (nSPS) is 11.4. The van der Waals surface area contributed by atoms with Crippen molar-refractivity contribution in [2.75, 3.05) is 18.9 Å². The number of para-hydroxylation sites is 1. The van der Waals surface area contributed by atoms with Gasteiger partial charge in [0.25, 0.3) is 5.91 Å². The van der Waals surface area contributed by atoms with Gasteiger partial charge in [0.05, 0.1) is 6.54 Å². The van der Waals surface area contributed by atoms with E-state index < -0.39 is 6.04 Å². The van der Waals surface area contributed by atoms with E-state index in [1.165, 1.54) is 4.90 Å². The van der Waals surface area contributed by atoms with Crippen LogP contribution in [0.1, 0.15) is 27.0 Å². The topological polar surface area (TPSA) is 78.5 Å². The molecule has 6 nitrogen and oxygen atoms in total. The summed E-state index contributed by atoms with van der Waals surface area (Å²) in [5.41, 5.74) is 4.04. The molecule has 170 valence electrons. The molecule has 0 saturated carbocycles. The molecule has 0 fully saturated rings. The summed E-state index contributed by atoms with van der Waals surface area (Å²) in [5, 5.41) is 5.74. The van der Waals surface area contributed by atoms with E-state index >= 15 is 0 Å². The minimum atomic E-state index is -0.807. The predicted molar refractivity (Wildman–Crippen MR) is 130 cm³/mol. The molecule has 0 aliphatic carbocycles. The van der Waals surface area contributed by atoms with E-state index in [1.807, 2.05) is 68.4 Å². The molecular weight excluding hydrogens is 414 g/mol. The second-order valence-electron chi connectivity index (χ2n) is 8.09. The van der Waals surface area contributed by atoms with Crippen LogP contribution in [0.5, 0.6) is 0 Å². The summed E-state index contributed by atoms with van der Waals surface area (Å²) in [6.07, 6.45) is 0.321. The number of carbonyl (C=O) groups is 3. The molecule has 1 unspecified atom stereocenters. The Morgan fingerprint density at radius 2 is 1.39 bits per heavy atom. The minimum absolute atomic E-state index is 0.126. The van der Waals surface area contributed by atoms with Crippen LogP contribution < -0.4 is 10.6 Å². The standard InChI is InChI=1S/C27H29N3O3/c1-19-11-10-12-20(2)25(19)29-24(31)18-30(3)27(33)23(17-21-13-6-4-7-14-21)28-26(32)22-15-8-5-9-16-22/h4-16,23H,17-18H2,1-3H3,(H,28,32)(H,29,31). The second kappa shape index (κ2) is 11.1. The Morgan fingerprint density at radius 3 is 2.00 bits per heavy atom. The number of carbonyl (C=O) groups excluding carboxylic acids is 3. The third-order valence-corrected chi connectivity index (χ3v) is 5.42. The Balaban J connectivity index is 1.72. The zero-order chi connectivity index (χ0) is 23.8. The second-order valence-corrected chi connectivity index (χ2v) is 8.09. The fraction of sp³-hybridized carbons (Fsp3) is 0.222. The minimum Gasteiger partial charge on any atom is -0.340 e. The summed E-state index contributed by atoms with van der Waals surface area (Å²) in [6, 6.07) is 23.2. The number of hydrogen-bond donors (Lipinski definition) is 2. The van der Waals surface area contributed by atoms with Crippen LogP contribution in [0.25, 0.3) is 0 Å². The Morgan fingerprint density at radius 1 is 0.818 bits per heavy atom. The summed E-state index contributed by atoms with van der Waals surface area (Å²) < 4.78 is 0. The van der Waals surface area contributed by atoms with E-state index in [9.17, 15) is 14.4 Å². The molecule has 2 N–H and O–H groups in total. The summed E-state index contributed by atoms with van der Waals surface area (Å²) in [7, 11) is 1.57. The van der Waals surface area contributed by atoms with Gasteiger partial charge in [-0.15, -0.1) is 0 Å². The van der Waals surface area contributed by atoms with Gasteiger partial charge >= 0.3 is 0 Å². The highest BCUT2D eigenvalue weighted by atomic mass is 16.2. The quantitative estimate of drug-likeness (QED) is 0.557. The molecule has 6 heteroatoms. The van der Waals surface area contributed by atoms with Crippen LogP contribution in [0.3, 0.4) is 0 Å². The summed E-state index contributed by atoms with van der Waals surface area (Å²) in [5.74, 6) is -0.964. The van der Waals surface area contributed by atoms with Crippen molar-refractivity contribution in [2.45, 2.75) is 26.3 Å². The average molecular weight is 444 g/mol. The van der Waals surface area contributed by atoms with Crippen LogP contribution >= 0.6 is 0 Å². The molecule has 3 amide bonds. The van der Waals surface area contributed by atoms with E-state index in [1.54, 1.807) is 31.3 Å². The maximum absolute atomic E-state index is 13.3. The highest BCUT2D eigenvalue weighted by Crippen LogP contribution is 2.19. The first kappa shape index (κ1) is 23.7. The highest BCUT2D eigenvalue weighted by molar-refractivity contribution is 5.99. The lowest BCUT2D eigenvalue weighted by Crippen LogP contribution is -2.50. The monoisotopic (exact) mass is 443 g/mol. The number of rotatable bonds is 8. The molecule has 33 heavy (non-hydrogen) atoms. The van der Waals surface area contributed by atoms with Crippen LogP contribution in [-0.4, -0.2) is 42.3 Å². The molecular formula is C27H29N3O3. The molecule has 0 aromatic heterocycles. The van der Waals surface area contributed by atoms with E-state index in [-0.39, 0.29) is 24.3 Å². The highest BCUT2D eigenvalue weighted by Gasteiger charge is 2.26. The van der Waals surface area contributed by atoms with Gasteiger partial charge in [0.1, 0.15) is 6.04 Å². The number of benzene rings is 3. The Kier molecular flexibility index (Phi) is 7.97. The van der Waals surface area contributed by atoms with Crippen molar-refractivity contribution in [3.63, 3.8) is 0 Å². The van der Waals surface area contributed by atoms with Crippen LogP contribution in [0.4, 0.5) is 5.69 Å². The number of hydrogen-bond acceptors (Lipinski definition) is 3. The molecule has 0 saturated heterocycles. The first-order chi connectivity index (χ1) is 15.8. The van der Waals surface area contributed by atoms with Crippen LogP contribution in [0.2, 0.25) is 0 Å². The average Bonchev–Trinajstić information content (AvgIpc) is 2.81. The molecule has 3 aromatic carbocycles. The molecule has 0 aliphatic rings. The van der Waals surface area contributed by atoms with Crippen molar-refractivity contribution >= 4 is 23.4 Å². The van der Waals surface area contributed by atoms with E-state index in [4.69, 9.17) is 0 Å². The van der Waals surface area contributed by atoms with Crippen molar-refractivity contribution in [1.82, 2.24) is 10.2 Å². The molecule has 3 aromatic rings. The van der Waals surface area contributed by atoms with Crippen molar-refractivity contribution < 1.29 is 14.4 Å². The number of nitrogens with zero attached hydrogens (tertiary/aromatic N) is 1. The number of anilines is 1. The molecule has 1 atom stereocenters. The van der Waals surface area contributed by atoms with E-state index in [0.29, 0.717) is 12.0 Å². The van der Waals surface area contributed by atoms with Gasteiger partial charge in [-0.25, -0.2) is 0 Å². The van der Waals surface area contributed by atoms with Crippen molar-refractivity contribution in [1.29, 1.82) is 0 Å². The number of nitrogens with one attached hydrogen (secondary N) is 2.